The van der Waals surface area contributed by atoms with Gasteiger partial charge in [-0.1, -0.05) is 36.7 Å². The summed E-state index contributed by atoms with van der Waals surface area (Å²) in [5.41, 5.74) is 0.830. The normalized spacial score (nSPS) is 14.4. The van der Waals surface area contributed by atoms with Crippen LogP contribution in [0.5, 0.6) is 5.75 Å². The molecular formula is C19H15ClFNO3. The summed E-state index contributed by atoms with van der Waals surface area (Å²) in [5.74, 6) is -1.03. The molecule has 0 radical (unpaired) electrons. The summed E-state index contributed by atoms with van der Waals surface area (Å²) in [5, 5.41) is -0.184. The summed E-state index contributed by atoms with van der Waals surface area (Å²) < 4.78 is 18.6. The van der Waals surface area contributed by atoms with Gasteiger partial charge in [-0.05, 0) is 36.2 Å². The van der Waals surface area contributed by atoms with Crippen molar-refractivity contribution in [2.45, 2.75) is 13.3 Å². The summed E-state index contributed by atoms with van der Waals surface area (Å²) in [6.07, 6.45) is 0.841. The van der Waals surface area contributed by atoms with Crippen molar-refractivity contribution < 1.29 is 18.7 Å². The van der Waals surface area contributed by atoms with E-state index in [0.29, 0.717) is 23.6 Å². The van der Waals surface area contributed by atoms with Gasteiger partial charge in [0.1, 0.15) is 16.6 Å². The van der Waals surface area contributed by atoms with Crippen LogP contribution >= 0.6 is 11.6 Å². The second-order valence-electron chi connectivity index (χ2n) is 5.49. The maximum atomic E-state index is 13.1. The van der Waals surface area contributed by atoms with E-state index in [1.807, 2.05) is 6.92 Å². The first-order valence-electron chi connectivity index (χ1n) is 7.80. The fourth-order valence-electron chi connectivity index (χ4n) is 2.54. The lowest BCUT2D eigenvalue weighted by Gasteiger charge is -2.16. The van der Waals surface area contributed by atoms with Gasteiger partial charge < -0.3 is 4.74 Å². The molecular weight excluding hydrogens is 345 g/mol. The molecule has 25 heavy (non-hydrogen) atoms. The minimum Gasteiger partial charge on any atom is -0.494 e. The maximum absolute atomic E-state index is 13.1. The van der Waals surface area contributed by atoms with Crippen LogP contribution in [0.15, 0.2) is 53.6 Å². The number of amides is 2. The standard InChI is InChI=1S/C19H15ClFNO3/c1-2-10-25-15-5-3-4-14(11-15)22-18(23)16(17(20)19(22)24)12-6-8-13(21)9-7-12/h3-9,11H,2,10H2,1H3. The maximum Gasteiger partial charge on any atom is 0.277 e. The van der Waals surface area contributed by atoms with Gasteiger partial charge >= 0.3 is 0 Å². The third-order valence-electron chi connectivity index (χ3n) is 3.71. The zero-order valence-corrected chi connectivity index (χ0v) is 14.2. The van der Waals surface area contributed by atoms with E-state index in [-0.39, 0.29) is 10.6 Å². The van der Waals surface area contributed by atoms with E-state index >= 15 is 0 Å². The molecule has 0 aromatic heterocycles. The van der Waals surface area contributed by atoms with E-state index in [1.165, 1.54) is 24.3 Å². The molecule has 0 atom stereocenters. The van der Waals surface area contributed by atoms with Crippen molar-refractivity contribution >= 4 is 34.7 Å². The Morgan fingerprint density at radius 2 is 1.80 bits per heavy atom. The van der Waals surface area contributed by atoms with Crippen molar-refractivity contribution in [3.63, 3.8) is 0 Å². The zero-order chi connectivity index (χ0) is 18.0. The molecule has 0 bridgehead atoms. The van der Waals surface area contributed by atoms with E-state index in [0.717, 1.165) is 11.3 Å². The van der Waals surface area contributed by atoms with Crippen molar-refractivity contribution in [1.29, 1.82) is 0 Å². The van der Waals surface area contributed by atoms with Gasteiger partial charge in [-0.2, -0.15) is 0 Å². The molecule has 0 fully saturated rings. The Hall–Kier alpha value is -2.66. The number of halogens is 2. The first kappa shape index (κ1) is 17.2. The minimum atomic E-state index is -0.612. The lowest BCUT2D eigenvalue weighted by molar-refractivity contribution is -0.119. The first-order valence-corrected chi connectivity index (χ1v) is 8.18. The van der Waals surface area contributed by atoms with Crippen LogP contribution < -0.4 is 9.64 Å². The van der Waals surface area contributed by atoms with Gasteiger partial charge in [0.15, 0.2) is 0 Å². The summed E-state index contributed by atoms with van der Waals surface area (Å²) in [6, 6.07) is 12.0. The van der Waals surface area contributed by atoms with Crippen molar-refractivity contribution in [2.24, 2.45) is 0 Å². The van der Waals surface area contributed by atoms with E-state index in [4.69, 9.17) is 16.3 Å². The second-order valence-corrected chi connectivity index (χ2v) is 5.87. The monoisotopic (exact) mass is 359 g/mol. The van der Waals surface area contributed by atoms with Gasteiger partial charge in [-0.3, -0.25) is 9.59 Å². The third-order valence-corrected chi connectivity index (χ3v) is 4.06. The Morgan fingerprint density at radius 1 is 1.08 bits per heavy atom. The van der Waals surface area contributed by atoms with Gasteiger partial charge in [0, 0.05) is 6.07 Å². The van der Waals surface area contributed by atoms with E-state index in [2.05, 4.69) is 0 Å². The van der Waals surface area contributed by atoms with E-state index in [9.17, 15) is 14.0 Å². The molecule has 2 aromatic rings. The van der Waals surface area contributed by atoms with Crippen LogP contribution in [0.25, 0.3) is 5.57 Å². The molecule has 2 amide bonds. The quantitative estimate of drug-likeness (QED) is 0.754. The lowest BCUT2D eigenvalue weighted by atomic mass is 10.1. The van der Waals surface area contributed by atoms with Gasteiger partial charge in [-0.25, -0.2) is 9.29 Å². The molecule has 0 spiro atoms. The second kappa shape index (κ2) is 7.07. The van der Waals surface area contributed by atoms with Crippen LogP contribution in [0.3, 0.4) is 0 Å². The smallest absolute Gasteiger partial charge is 0.277 e. The summed E-state index contributed by atoms with van der Waals surface area (Å²) in [4.78, 5) is 26.3. The number of imide groups is 1. The largest absolute Gasteiger partial charge is 0.494 e. The summed E-state index contributed by atoms with van der Waals surface area (Å²) in [6.45, 7) is 2.52. The predicted molar refractivity (Wildman–Crippen MR) is 93.9 cm³/mol. The van der Waals surface area contributed by atoms with Crippen molar-refractivity contribution in [3.05, 3.63) is 64.9 Å². The Labute approximate surface area is 149 Å². The summed E-state index contributed by atoms with van der Waals surface area (Å²) in [7, 11) is 0. The molecule has 128 valence electrons. The van der Waals surface area contributed by atoms with Gasteiger partial charge in [-0.15, -0.1) is 0 Å². The van der Waals surface area contributed by atoms with E-state index < -0.39 is 17.6 Å². The fourth-order valence-corrected chi connectivity index (χ4v) is 2.81. The van der Waals surface area contributed by atoms with Gasteiger partial charge in [0.05, 0.1) is 17.9 Å². The van der Waals surface area contributed by atoms with Crippen LogP contribution in [0, 0.1) is 5.82 Å². The predicted octanol–water partition coefficient (Wildman–Crippen LogP) is 4.14. The molecule has 0 aliphatic carbocycles. The first-order chi connectivity index (χ1) is 12.0. The number of anilines is 1. The highest BCUT2D eigenvalue weighted by Crippen LogP contribution is 2.35. The Morgan fingerprint density at radius 3 is 2.48 bits per heavy atom. The molecule has 2 aromatic carbocycles. The van der Waals surface area contributed by atoms with Crippen molar-refractivity contribution in [2.75, 3.05) is 11.5 Å². The van der Waals surface area contributed by atoms with E-state index in [1.54, 1.807) is 24.3 Å². The van der Waals surface area contributed by atoms with Crippen molar-refractivity contribution in [1.82, 2.24) is 0 Å². The number of nitrogens with zero attached hydrogens (tertiary/aromatic N) is 1. The highest BCUT2D eigenvalue weighted by atomic mass is 35.5. The highest BCUT2D eigenvalue weighted by Gasteiger charge is 2.39. The van der Waals surface area contributed by atoms with Crippen LogP contribution in [0.4, 0.5) is 10.1 Å². The molecule has 6 heteroatoms. The Balaban J connectivity index is 1.94. The Bertz CT molecular complexity index is 861. The number of ether oxygens (including phenoxy) is 1. The van der Waals surface area contributed by atoms with Crippen LogP contribution in [-0.4, -0.2) is 18.4 Å². The minimum absolute atomic E-state index is 0.0616. The number of rotatable bonds is 5. The van der Waals surface area contributed by atoms with Crippen molar-refractivity contribution in [3.8, 4) is 5.75 Å². The number of hydrogen-bond donors (Lipinski definition) is 0. The highest BCUT2D eigenvalue weighted by molar-refractivity contribution is 6.60. The molecule has 0 N–H and O–H groups in total. The zero-order valence-electron chi connectivity index (χ0n) is 13.5. The molecule has 1 aliphatic heterocycles. The Kier molecular flexibility index (Phi) is 4.86. The molecule has 0 saturated carbocycles. The van der Waals surface area contributed by atoms with Crippen LogP contribution in [0.1, 0.15) is 18.9 Å². The number of hydrogen-bond acceptors (Lipinski definition) is 3. The number of carbonyl (C=O) groups is 2. The summed E-state index contributed by atoms with van der Waals surface area (Å²) >= 11 is 6.11. The fraction of sp³-hybridized carbons (Fsp3) is 0.158. The molecule has 4 nitrogen and oxygen atoms in total. The topological polar surface area (TPSA) is 46.6 Å². The molecule has 3 rings (SSSR count). The molecule has 1 heterocycles. The van der Waals surface area contributed by atoms with Gasteiger partial charge in [0.2, 0.25) is 0 Å². The lowest BCUT2D eigenvalue weighted by Crippen LogP contribution is -2.31. The third kappa shape index (κ3) is 3.28. The molecule has 0 unspecified atom stereocenters. The van der Waals surface area contributed by atoms with Gasteiger partial charge in [0.25, 0.3) is 11.8 Å². The average Bonchev–Trinajstić information content (AvgIpc) is 2.83. The molecule has 0 saturated heterocycles. The number of benzene rings is 2. The SMILES string of the molecule is CCCOc1cccc(N2C(=O)C(Cl)=C(c3ccc(F)cc3)C2=O)c1. The van der Waals surface area contributed by atoms with Crippen LogP contribution in [0.2, 0.25) is 0 Å². The average molecular weight is 360 g/mol. The number of carbonyl (C=O) groups excluding carboxylic acids is 2. The molecule has 1 aliphatic rings. The van der Waals surface area contributed by atoms with Crippen LogP contribution in [-0.2, 0) is 9.59 Å².